The van der Waals surface area contributed by atoms with E-state index >= 15 is 0 Å². The van der Waals surface area contributed by atoms with Crippen molar-refractivity contribution in [2.45, 2.75) is 25.7 Å². The number of thioether (sulfide) groups is 1. The minimum absolute atomic E-state index is 0.223. The molecule has 15 heavy (non-hydrogen) atoms. The molecular formula is C11H21NO2S. The number of rotatable bonds is 7. The van der Waals surface area contributed by atoms with Gasteiger partial charge < -0.3 is 10.1 Å². The molecule has 0 unspecified atom stereocenters. The fraction of sp³-hybridized carbons (Fsp3) is 0.909. The maximum Gasteiger partial charge on any atom is 0.223 e. The summed E-state index contributed by atoms with van der Waals surface area (Å²) in [5.74, 6) is 1.52. The van der Waals surface area contributed by atoms with Crippen molar-refractivity contribution in [3.05, 3.63) is 0 Å². The summed E-state index contributed by atoms with van der Waals surface area (Å²) >= 11 is 1.77. The molecule has 0 aliphatic heterocycles. The first-order chi connectivity index (χ1) is 7.34. The molecule has 1 saturated carbocycles. The maximum absolute atomic E-state index is 11.6. The van der Waals surface area contributed by atoms with Crippen molar-refractivity contribution < 1.29 is 9.53 Å². The highest BCUT2D eigenvalue weighted by molar-refractivity contribution is 7.98. The predicted octanol–water partition coefficient (Wildman–Crippen LogP) is 1.67. The van der Waals surface area contributed by atoms with Crippen LogP contribution in [0.25, 0.3) is 0 Å². The van der Waals surface area contributed by atoms with E-state index in [1.54, 1.807) is 11.8 Å². The largest absolute Gasteiger partial charge is 0.379 e. The van der Waals surface area contributed by atoms with Gasteiger partial charge in [0.05, 0.1) is 13.2 Å². The first kappa shape index (κ1) is 12.8. The second-order valence-electron chi connectivity index (χ2n) is 3.88. The molecule has 0 atom stereocenters. The van der Waals surface area contributed by atoms with Gasteiger partial charge >= 0.3 is 0 Å². The highest BCUT2D eigenvalue weighted by Gasteiger charge is 2.21. The van der Waals surface area contributed by atoms with Crippen molar-refractivity contribution in [2.75, 3.05) is 31.8 Å². The molecular weight excluding hydrogens is 210 g/mol. The average molecular weight is 231 g/mol. The van der Waals surface area contributed by atoms with Crippen LogP contribution >= 0.6 is 11.8 Å². The molecule has 0 aromatic rings. The van der Waals surface area contributed by atoms with Crippen LogP contribution < -0.4 is 5.32 Å². The van der Waals surface area contributed by atoms with Crippen molar-refractivity contribution in [3.8, 4) is 0 Å². The number of carbonyl (C=O) groups excluding carboxylic acids is 1. The summed E-state index contributed by atoms with van der Waals surface area (Å²) in [5, 5.41) is 2.93. The Morgan fingerprint density at radius 3 is 2.80 bits per heavy atom. The molecule has 1 fully saturated rings. The number of hydrogen-bond donors (Lipinski definition) is 1. The van der Waals surface area contributed by atoms with Gasteiger partial charge in [-0.15, -0.1) is 0 Å². The van der Waals surface area contributed by atoms with Gasteiger partial charge in [-0.05, 0) is 19.1 Å². The molecule has 0 bridgehead atoms. The number of nitrogens with one attached hydrogen (secondary N) is 1. The molecule has 0 spiro atoms. The second-order valence-corrected chi connectivity index (χ2v) is 4.86. The van der Waals surface area contributed by atoms with E-state index in [9.17, 15) is 4.79 Å². The van der Waals surface area contributed by atoms with Gasteiger partial charge in [0.1, 0.15) is 0 Å². The Balaban J connectivity index is 1.92. The van der Waals surface area contributed by atoms with Crippen LogP contribution in [-0.2, 0) is 9.53 Å². The van der Waals surface area contributed by atoms with E-state index in [1.807, 2.05) is 0 Å². The lowest BCUT2D eigenvalue weighted by atomic mass is 10.1. The van der Waals surface area contributed by atoms with E-state index < -0.39 is 0 Å². The molecule has 1 amide bonds. The molecule has 0 aromatic carbocycles. The third kappa shape index (κ3) is 5.42. The molecule has 1 N–H and O–H groups in total. The highest BCUT2D eigenvalue weighted by atomic mass is 32.2. The van der Waals surface area contributed by atoms with Gasteiger partial charge in [0.25, 0.3) is 0 Å². The Morgan fingerprint density at radius 2 is 2.13 bits per heavy atom. The van der Waals surface area contributed by atoms with Crippen molar-refractivity contribution in [1.82, 2.24) is 5.32 Å². The quantitative estimate of drug-likeness (QED) is 0.677. The van der Waals surface area contributed by atoms with Gasteiger partial charge in [-0.2, -0.15) is 11.8 Å². The SMILES string of the molecule is CSCCOCCNC(=O)C1CCCC1. The Morgan fingerprint density at radius 1 is 1.40 bits per heavy atom. The zero-order valence-electron chi connectivity index (χ0n) is 9.46. The van der Waals surface area contributed by atoms with Crippen LogP contribution in [0.1, 0.15) is 25.7 Å². The van der Waals surface area contributed by atoms with E-state index in [-0.39, 0.29) is 11.8 Å². The molecule has 0 saturated heterocycles. The van der Waals surface area contributed by atoms with E-state index in [0.29, 0.717) is 13.2 Å². The van der Waals surface area contributed by atoms with Gasteiger partial charge in [-0.25, -0.2) is 0 Å². The number of hydrogen-bond acceptors (Lipinski definition) is 3. The lowest BCUT2D eigenvalue weighted by molar-refractivity contribution is -0.125. The maximum atomic E-state index is 11.6. The topological polar surface area (TPSA) is 38.3 Å². The first-order valence-electron chi connectivity index (χ1n) is 5.69. The highest BCUT2D eigenvalue weighted by Crippen LogP contribution is 2.24. The van der Waals surface area contributed by atoms with Gasteiger partial charge in [0, 0.05) is 18.2 Å². The average Bonchev–Trinajstić information content (AvgIpc) is 2.76. The van der Waals surface area contributed by atoms with Crippen LogP contribution in [-0.4, -0.2) is 37.7 Å². The van der Waals surface area contributed by atoms with Crippen LogP contribution in [0.5, 0.6) is 0 Å². The molecule has 0 aromatic heterocycles. The van der Waals surface area contributed by atoms with Gasteiger partial charge in [-0.3, -0.25) is 4.79 Å². The third-order valence-electron chi connectivity index (χ3n) is 2.70. The zero-order chi connectivity index (χ0) is 10.9. The molecule has 88 valence electrons. The lowest BCUT2D eigenvalue weighted by Gasteiger charge is -2.10. The van der Waals surface area contributed by atoms with Crippen molar-refractivity contribution >= 4 is 17.7 Å². The van der Waals surface area contributed by atoms with E-state index in [4.69, 9.17) is 4.74 Å². The fourth-order valence-electron chi connectivity index (χ4n) is 1.82. The van der Waals surface area contributed by atoms with Crippen LogP contribution in [0.4, 0.5) is 0 Å². The lowest BCUT2D eigenvalue weighted by Crippen LogP contribution is -2.32. The predicted molar refractivity (Wildman–Crippen MR) is 64.2 cm³/mol. The summed E-state index contributed by atoms with van der Waals surface area (Å²) in [4.78, 5) is 11.6. The second kappa shape index (κ2) is 7.99. The van der Waals surface area contributed by atoms with E-state index in [0.717, 1.165) is 25.2 Å². The summed E-state index contributed by atoms with van der Waals surface area (Å²) in [5.41, 5.74) is 0. The Labute approximate surface area is 96.3 Å². The summed E-state index contributed by atoms with van der Waals surface area (Å²) in [6.07, 6.45) is 6.62. The molecule has 0 heterocycles. The summed E-state index contributed by atoms with van der Waals surface area (Å²) < 4.78 is 5.35. The van der Waals surface area contributed by atoms with Crippen LogP contribution in [0.3, 0.4) is 0 Å². The van der Waals surface area contributed by atoms with Crippen molar-refractivity contribution in [1.29, 1.82) is 0 Å². The van der Waals surface area contributed by atoms with Gasteiger partial charge in [-0.1, -0.05) is 12.8 Å². The number of ether oxygens (including phenoxy) is 1. The van der Waals surface area contributed by atoms with Gasteiger partial charge in [0.15, 0.2) is 0 Å². The summed E-state index contributed by atoms with van der Waals surface area (Å²) in [6, 6.07) is 0. The monoisotopic (exact) mass is 231 g/mol. The van der Waals surface area contributed by atoms with E-state index in [1.165, 1.54) is 12.8 Å². The fourth-order valence-corrected chi connectivity index (χ4v) is 2.11. The van der Waals surface area contributed by atoms with Crippen LogP contribution in [0.2, 0.25) is 0 Å². The minimum atomic E-state index is 0.223. The van der Waals surface area contributed by atoms with Crippen LogP contribution in [0.15, 0.2) is 0 Å². The van der Waals surface area contributed by atoms with Crippen molar-refractivity contribution in [3.63, 3.8) is 0 Å². The molecule has 4 heteroatoms. The van der Waals surface area contributed by atoms with Gasteiger partial charge in [0.2, 0.25) is 5.91 Å². The molecule has 3 nitrogen and oxygen atoms in total. The minimum Gasteiger partial charge on any atom is -0.379 e. The molecule has 1 aliphatic carbocycles. The summed E-state index contributed by atoms with van der Waals surface area (Å²) in [6.45, 7) is 2.07. The number of carbonyl (C=O) groups is 1. The summed E-state index contributed by atoms with van der Waals surface area (Å²) in [7, 11) is 0. The zero-order valence-corrected chi connectivity index (χ0v) is 10.3. The molecule has 1 aliphatic rings. The smallest absolute Gasteiger partial charge is 0.223 e. The molecule has 1 rings (SSSR count). The first-order valence-corrected chi connectivity index (χ1v) is 7.08. The third-order valence-corrected chi connectivity index (χ3v) is 3.28. The van der Waals surface area contributed by atoms with E-state index in [2.05, 4.69) is 11.6 Å². The number of amides is 1. The Bertz CT molecular complexity index is 181. The molecule has 0 radical (unpaired) electrons. The van der Waals surface area contributed by atoms with Crippen LogP contribution in [0, 0.1) is 5.92 Å². The van der Waals surface area contributed by atoms with Crippen molar-refractivity contribution in [2.24, 2.45) is 5.92 Å². The normalized spacial score (nSPS) is 16.9. The Hall–Kier alpha value is -0.220. The standard InChI is InChI=1S/C11H21NO2S/c1-15-9-8-14-7-6-12-11(13)10-4-2-3-5-10/h10H,2-9H2,1H3,(H,12,13). The Kier molecular flexibility index (Phi) is 6.85.